The Morgan fingerprint density at radius 3 is 2.51 bits per heavy atom. The van der Waals surface area contributed by atoms with Crippen LogP contribution in [0.2, 0.25) is 5.15 Å². The smallest absolute Gasteiger partial charge is 0.387 e. The molecule has 1 atom stereocenters. The second-order valence-electron chi connectivity index (χ2n) is 11.0. The zero-order valence-electron chi connectivity index (χ0n) is 24.3. The Morgan fingerprint density at radius 2 is 1.87 bits per heavy atom. The van der Waals surface area contributed by atoms with Crippen molar-refractivity contribution in [2.75, 3.05) is 32.1 Å². The van der Waals surface area contributed by atoms with Crippen LogP contribution in [0.5, 0.6) is 5.75 Å². The second-order valence-corrected chi connectivity index (χ2v) is 11.4. The van der Waals surface area contributed by atoms with Gasteiger partial charge in [0, 0.05) is 32.4 Å². The largest absolute Gasteiger partial charge is 0.435 e. The lowest BCUT2D eigenvalue weighted by atomic mass is 9.97. The number of carbonyl (C=O) groups excluding carboxylic acids is 2. The number of rotatable bonds is 12. The van der Waals surface area contributed by atoms with Crippen molar-refractivity contribution in [3.63, 3.8) is 0 Å². The number of nitrogens with one attached hydrogen (secondary N) is 2. The van der Waals surface area contributed by atoms with Crippen LogP contribution in [0.15, 0.2) is 47.4 Å². The van der Waals surface area contributed by atoms with Crippen LogP contribution in [0.1, 0.15) is 52.1 Å². The molecule has 240 valence electrons. The van der Waals surface area contributed by atoms with E-state index in [1.165, 1.54) is 30.3 Å². The van der Waals surface area contributed by atoms with E-state index in [9.17, 15) is 31.9 Å². The lowest BCUT2D eigenvalue weighted by Gasteiger charge is -2.39. The highest BCUT2D eigenvalue weighted by atomic mass is 35.5. The molecule has 1 aromatic carbocycles. The summed E-state index contributed by atoms with van der Waals surface area (Å²) < 4.78 is 64.1. The highest BCUT2D eigenvalue weighted by molar-refractivity contribution is 6.30. The molecule has 2 aliphatic rings. The lowest BCUT2D eigenvalue weighted by Crippen LogP contribution is -2.58. The maximum atomic E-state index is 13.5. The first kappa shape index (κ1) is 32.4. The maximum Gasteiger partial charge on any atom is 0.387 e. The number of carbonyl (C=O) groups is 2. The van der Waals surface area contributed by atoms with Gasteiger partial charge in [-0.25, -0.2) is 13.8 Å². The molecule has 1 aliphatic heterocycles. The average molecular weight is 652 g/mol. The van der Waals surface area contributed by atoms with Crippen molar-refractivity contribution in [2.45, 2.75) is 51.0 Å². The van der Waals surface area contributed by atoms with Crippen LogP contribution in [0, 0.1) is 0 Å². The molecule has 2 amide bonds. The fraction of sp³-hybridized carbons (Fsp3) is 0.400. The summed E-state index contributed by atoms with van der Waals surface area (Å²) in [6, 6.07) is 7.73. The number of amides is 2. The Hall–Kier alpha value is -4.01. The van der Waals surface area contributed by atoms with Crippen molar-refractivity contribution in [1.82, 2.24) is 19.8 Å². The van der Waals surface area contributed by atoms with E-state index in [1.807, 2.05) is 6.92 Å². The minimum Gasteiger partial charge on any atom is -0.435 e. The van der Waals surface area contributed by atoms with E-state index in [0.29, 0.717) is 18.7 Å². The van der Waals surface area contributed by atoms with Gasteiger partial charge in [0.2, 0.25) is 0 Å². The van der Waals surface area contributed by atoms with Crippen LogP contribution in [0.4, 0.5) is 23.4 Å². The van der Waals surface area contributed by atoms with Gasteiger partial charge in [-0.05, 0) is 72.9 Å². The number of hydrogen-bond donors (Lipinski definition) is 2. The quantitative estimate of drug-likeness (QED) is 0.210. The molecule has 2 N–H and O–H groups in total. The molecule has 0 bridgehead atoms. The third-order valence-corrected chi connectivity index (χ3v) is 7.57. The number of anilines is 1. The normalized spacial score (nSPS) is 16.3. The fourth-order valence-electron chi connectivity index (χ4n) is 4.90. The zero-order valence-corrected chi connectivity index (χ0v) is 25.0. The Balaban J connectivity index is 1.44. The van der Waals surface area contributed by atoms with E-state index in [4.69, 9.17) is 16.3 Å². The predicted octanol–water partition coefficient (Wildman–Crippen LogP) is 4.97. The summed E-state index contributed by atoms with van der Waals surface area (Å²) in [5.41, 5.74) is 0.294. The number of nitrogens with zero attached hydrogens (tertiary/aromatic N) is 3. The molecule has 1 saturated heterocycles. The Bertz CT molecular complexity index is 1660. The number of benzene rings is 1. The highest BCUT2D eigenvalue weighted by Gasteiger charge is 2.46. The summed E-state index contributed by atoms with van der Waals surface area (Å²) in [5, 5.41) is 5.71. The van der Waals surface area contributed by atoms with E-state index in [-0.39, 0.29) is 51.1 Å². The fourth-order valence-corrected chi connectivity index (χ4v) is 5.11. The molecular formula is C30H30ClF4N5O5. The molecule has 3 aromatic rings. The number of halogens is 5. The molecule has 0 unspecified atom stereocenters. The number of alkyl halides is 4. The summed E-state index contributed by atoms with van der Waals surface area (Å²) in [4.78, 5) is 44.8. The van der Waals surface area contributed by atoms with Crippen LogP contribution < -0.4 is 20.9 Å². The molecule has 2 aromatic heterocycles. The van der Waals surface area contributed by atoms with Crippen molar-refractivity contribution >= 4 is 29.2 Å². The highest BCUT2D eigenvalue weighted by Crippen LogP contribution is 2.36. The van der Waals surface area contributed by atoms with Gasteiger partial charge in [0.1, 0.15) is 22.3 Å². The van der Waals surface area contributed by atoms with E-state index >= 15 is 0 Å². The molecule has 5 rings (SSSR count). The Kier molecular flexibility index (Phi) is 9.46. The molecule has 0 spiro atoms. The van der Waals surface area contributed by atoms with Gasteiger partial charge in [-0.15, -0.1) is 0 Å². The van der Waals surface area contributed by atoms with Gasteiger partial charge in [0.15, 0.2) is 0 Å². The van der Waals surface area contributed by atoms with Gasteiger partial charge in [0.05, 0.1) is 24.8 Å². The van der Waals surface area contributed by atoms with Gasteiger partial charge in [-0.1, -0.05) is 11.6 Å². The SMILES string of the molecule is CO[C@@H](C)CNCc1cc(C(=O)Nc2cc(-c3ccc(OC(F)F)cc3C(=O)N3CC(F)(F)C3)cc(Cl)n2)c(=O)n(C2CC2)c1. The van der Waals surface area contributed by atoms with E-state index in [2.05, 4.69) is 20.4 Å². The average Bonchev–Trinajstić information content (AvgIpc) is 3.81. The molecule has 15 heteroatoms. The number of likely N-dealkylation sites (tertiary alicyclic amines) is 1. The van der Waals surface area contributed by atoms with Crippen LogP contribution in [0.3, 0.4) is 0 Å². The first-order chi connectivity index (χ1) is 21.3. The van der Waals surface area contributed by atoms with Crippen LogP contribution in [0.25, 0.3) is 11.1 Å². The van der Waals surface area contributed by atoms with Crippen molar-refractivity contribution in [1.29, 1.82) is 0 Å². The first-order valence-corrected chi connectivity index (χ1v) is 14.4. The number of methoxy groups -OCH3 is 1. The molecule has 2 fully saturated rings. The minimum absolute atomic E-state index is 0.00265. The molecular weight excluding hydrogens is 622 g/mol. The predicted molar refractivity (Wildman–Crippen MR) is 157 cm³/mol. The Morgan fingerprint density at radius 1 is 1.13 bits per heavy atom. The summed E-state index contributed by atoms with van der Waals surface area (Å²) in [5.74, 6) is -5.06. The van der Waals surface area contributed by atoms with E-state index < -0.39 is 43.0 Å². The monoisotopic (exact) mass is 651 g/mol. The van der Waals surface area contributed by atoms with E-state index in [0.717, 1.165) is 23.8 Å². The second kappa shape index (κ2) is 13.2. The van der Waals surface area contributed by atoms with Crippen LogP contribution >= 0.6 is 11.6 Å². The molecule has 1 saturated carbocycles. The Labute approximate surface area is 260 Å². The molecule has 1 aliphatic carbocycles. The lowest BCUT2D eigenvalue weighted by molar-refractivity contribution is -0.113. The maximum absolute atomic E-state index is 13.5. The standard InChI is InChI=1S/C30H30ClF4N5O5/c1-16(44-2)11-36-12-17-7-23(28(43)40(13-17)19-3-4-19)26(41)38-25-9-18(8-24(31)37-25)21-6-5-20(45-29(32)33)10-22(21)27(42)39-14-30(34,35)15-39/h5-10,13,16,19,29,36H,3-4,11-12,14-15H2,1-2H3,(H,37,38,41)/t16-/m0/s1. The topological polar surface area (TPSA) is 115 Å². The summed E-state index contributed by atoms with van der Waals surface area (Å²) in [7, 11) is 1.60. The van der Waals surface area contributed by atoms with Crippen LogP contribution in [-0.2, 0) is 11.3 Å². The van der Waals surface area contributed by atoms with Gasteiger partial charge >= 0.3 is 6.61 Å². The molecule has 3 heterocycles. The zero-order chi connectivity index (χ0) is 32.5. The summed E-state index contributed by atoms with van der Waals surface area (Å²) in [6.45, 7) is -2.01. The molecule has 10 nitrogen and oxygen atoms in total. The van der Waals surface area contributed by atoms with Gasteiger partial charge < -0.3 is 29.6 Å². The van der Waals surface area contributed by atoms with Gasteiger partial charge in [-0.2, -0.15) is 8.78 Å². The third kappa shape index (κ3) is 7.81. The van der Waals surface area contributed by atoms with Gasteiger partial charge in [-0.3, -0.25) is 14.4 Å². The van der Waals surface area contributed by atoms with Crippen molar-refractivity contribution < 1.29 is 36.6 Å². The van der Waals surface area contributed by atoms with Crippen molar-refractivity contribution in [3.05, 3.63) is 74.8 Å². The number of pyridine rings is 2. The summed E-state index contributed by atoms with van der Waals surface area (Å²) >= 11 is 6.26. The van der Waals surface area contributed by atoms with Crippen molar-refractivity contribution in [3.8, 4) is 16.9 Å². The molecule has 0 radical (unpaired) electrons. The number of ether oxygens (including phenoxy) is 2. The van der Waals surface area contributed by atoms with Crippen LogP contribution in [-0.4, -0.2) is 71.6 Å². The molecule has 45 heavy (non-hydrogen) atoms. The first-order valence-electron chi connectivity index (χ1n) is 14.1. The third-order valence-electron chi connectivity index (χ3n) is 7.37. The number of aromatic nitrogens is 2. The minimum atomic E-state index is -3.18. The van der Waals surface area contributed by atoms with E-state index in [1.54, 1.807) is 17.9 Å². The summed E-state index contributed by atoms with van der Waals surface area (Å²) in [6.07, 6.45) is 3.32. The number of hydrogen-bond acceptors (Lipinski definition) is 7. The van der Waals surface area contributed by atoms with Crippen molar-refractivity contribution in [2.24, 2.45) is 0 Å². The van der Waals surface area contributed by atoms with Gasteiger partial charge in [0.25, 0.3) is 23.3 Å².